The van der Waals surface area contributed by atoms with Crippen molar-refractivity contribution in [2.45, 2.75) is 12.5 Å². The number of carbonyl (C=O) groups excluding carboxylic acids is 1. The van der Waals surface area contributed by atoms with Crippen LogP contribution < -0.4 is 5.73 Å². The van der Waals surface area contributed by atoms with Crippen molar-refractivity contribution in [3.8, 4) is 0 Å². The number of primary amides is 1. The number of benzene rings is 2. The highest BCUT2D eigenvalue weighted by atomic mass is 35.5. The number of piperazine rings is 1. The number of ether oxygens (including phenoxy) is 1. The van der Waals surface area contributed by atoms with E-state index in [9.17, 15) is 4.79 Å². The summed E-state index contributed by atoms with van der Waals surface area (Å²) in [4.78, 5) is 15.6. The SMILES string of the molecule is Cl.NC(=O)CCN1CCN(CCOC(c2ccccc2)c2ccccc2)CC1. The lowest BCUT2D eigenvalue weighted by molar-refractivity contribution is -0.118. The number of carbonyl (C=O) groups is 1. The molecule has 1 heterocycles. The van der Waals surface area contributed by atoms with Gasteiger partial charge in [0.15, 0.2) is 0 Å². The maximum absolute atomic E-state index is 10.9. The lowest BCUT2D eigenvalue weighted by Crippen LogP contribution is -2.47. The Morgan fingerprint density at radius 1 is 0.857 bits per heavy atom. The first-order valence-electron chi connectivity index (χ1n) is 9.67. The quantitative estimate of drug-likeness (QED) is 0.699. The molecule has 0 radical (unpaired) electrons. The molecule has 28 heavy (non-hydrogen) atoms. The highest BCUT2D eigenvalue weighted by Crippen LogP contribution is 2.25. The molecular formula is C22H30ClN3O2. The fourth-order valence-electron chi connectivity index (χ4n) is 3.45. The van der Waals surface area contributed by atoms with E-state index in [1.54, 1.807) is 0 Å². The van der Waals surface area contributed by atoms with E-state index in [0.29, 0.717) is 13.0 Å². The van der Waals surface area contributed by atoms with Crippen LogP contribution in [0.15, 0.2) is 60.7 Å². The highest BCUT2D eigenvalue weighted by molar-refractivity contribution is 5.85. The topological polar surface area (TPSA) is 58.8 Å². The Morgan fingerprint density at radius 3 is 1.79 bits per heavy atom. The van der Waals surface area contributed by atoms with Gasteiger partial charge in [-0.25, -0.2) is 0 Å². The van der Waals surface area contributed by atoms with Crippen LogP contribution in [0.5, 0.6) is 0 Å². The molecule has 2 N–H and O–H groups in total. The monoisotopic (exact) mass is 403 g/mol. The van der Waals surface area contributed by atoms with Crippen LogP contribution in [0.1, 0.15) is 23.7 Å². The summed E-state index contributed by atoms with van der Waals surface area (Å²) in [6.45, 7) is 6.34. The first-order valence-corrected chi connectivity index (χ1v) is 9.67. The van der Waals surface area contributed by atoms with Crippen molar-refractivity contribution in [3.63, 3.8) is 0 Å². The summed E-state index contributed by atoms with van der Waals surface area (Å²) in [7, 11) is 0. The number of nitrogens with two attached hydrogens (primary N) is 1. The third kappa shape index (κ3) is 6.91. The molecule has 6 heteroatoms. The van der Waals surface area contributed by atoms with E-state index >= 15 is 0 Å². The van der Waals surface area contributed by atoms with Gasteiger partial charge in [-0.1, -0.05) is 60.7 Å². The zero-order valence-electron chi connectivity index (χ0n) is 16.2. The largest absolute Gasteiger partial charge is 0.370 e. The zero-order chi connectivity index (χ0) is 18.9. The van der Waals surface area contributed by atoms with E-state index in [-0.39, 0.29) is 24.4 Å². The van der Waals surface area contributed by atoms with Crippen molar-refractivity contribution in [1.82, 2.24) is 9.80 Å². The number of hydrogen-bond donors (Lipinski definition) is 1. The predicted molar refractivity (Wildman–Crippen MR) is 115 cm³/mol. The van der Waals surface area contributed by atoms with E-state index < -0.39 is 0 Å². The Labute approximate surface area is 173 Å². The highest BCUT2D eigenvalue weighted by Gasteiger charge is 2.18. The molecule has 5 nitrogen and oxygen atoms in total. The summed E-state index contributed by atoms with van der Waals surface area (Å²) in [6.07, 6.45) is 0.406. The molecule has 0 aliphatic carbocycles. The lowest BCUT2D eigenvalue weighted by atomic mass is 10.0. The summed E-state index contributed by atoms with van der Waals surface area (Å²) in [5, 5.41) is 0. The van der Waals surface area contributed by atoms with E-state index in [0.717, 1.165) is 39.3 Å². The van der Waals surface area contributed by atoms with E-state index in [1.165, 1.54) is 11.1 Å². The van der Waals surface area contributed by atoms with Gasteiger partial charge in [0.1, 0.15) is 6.10 Å². The zero-order valence-corrected chi connectivity index (χ0v) is 17.0. The fraction of sp³-hybridized carbons (Fsp3) is 0.409. The lowest BCUT2D eigenvalue weighted by Gasteiger charge is -2.34. The Bertz CT molecular complexity index is 652. The smallest absolute Gasteiger partial charge is 0.218 e. The molecule has 2 aromatic carbocycles. The molecule has 3 rings (SSSR count). The summed E-state index contributed by atoms with van der Waals surface area (Å²) in [5.41, 5.74) is 7.60. The van der Waals surface area contributed by atoms with Crippen molar-refractivity contribution in [2.24, 2.45) is 5.73 Å². The minimum Gasteiger partial charge on any atom is -0.370 e. The Balaban J connectivity index is 0.00000280. The number of rotatable bonds is 9. The Morgan fingerprint density at radius 2 is 1.32 bits per heavy atom. The van der Waals surface area contributed by atoms with Gasteiger partial charge in [0.2, 0.25) is 5.91 Å². The summed E-state index contributed by atoms with van der Waals surface area (Å²) >= 11 is 0. The molecular weight excluding hydrogens is 374 g/mol. The molecule has 0 saturated carbocycles. The van der Waals surface area contributed by atoms with Crippen LogP contribution in [0.4, 0.5) is 0 Å². The van der Waals surface area contributed by atoms with Gasteiger partial charge in [-0.3, -0.25) is 9.69 Å². The Hall–Kier alpha value is -1.92. The minimum atomic E-state index is -0.223. The van der Waals surface area contributed by atoms with Crippen LogP contribution in [0, 0.1) is 0 Å². The second-order valence-electron chi connectivity index (χ2n) is 6.97. The van der Waals surface area contributed by atoms with Gasteiger partial charge in [0.25, 0.3) is 0 Å². The number of nitrogens with zero attached hydrogens (tertiary/aromatic N) is 2. The maximum Gasteiger partial charge on any atom is 0.218 e. The average Bonchev–Trinajstić information content (AvgIpc) is 2.72. The van der Waals surface area contributed by atoms with Gasteiger partial charge >= 0.3 is 0 Å². The number of halogens is 1. The van der Waals surface area contributed by atoms with E-state index in [2.05, 4.69) is 58.3 Å². The average molecular weight is 404 g/mol. The van der Waals surface area contributed by atoms with Crippen LogP contribution in [0.2, 0.25) is 0 Å². The number of hydrogen-bond acceptors (Lipinski definition) is 4. The molecule has 2 aromatic rings. The van der Waals surface area contributed by atoms with Crippen molar-refractivity contribution < 1.29 is 9.53 Å². The van der Waals surface area contributed by atoms with Gasteiger partial charge in [-0.2, -0.15) is 0 Å². The standard InChI is InChI=1S/C22H29N3O2.ClH/c23-21(26)11-12-24-13-15-25(16-14-24)17-18-27-22(19-7-3-1-4-8-19)20-9-5-2-6-10-20;/h1-10,22H,11-18H2,(H2,23,26);1H. The van der Waals surface area contributed by atoms with Crippen molar-refractivity contribution in [2.75, 3.05) is 45.9 Å². The second-order valence-corrected chi connectivity index (χ2v) is 6.97. The molecule has 1 amide bonds. The predicted octanol–water partition coefficient (Wildman–Crippen LogP) is 2.71. The van der Waals surface area contributed by atoms with Gasteiger partial charge < -0.3 is 15.4 Å². The van der Waals surface area contributed by atoms with Crippen molar-refractivity contribution in [1.29, 1.82) is 0 Å². The molecule has 0 unspecified atom stereocenters. The first-order chi connectivity index (χ1) is 13.2. The van der Waals surface area contributed by atoms with Crippen LogP contribution in [0.3, 0.4) is 0 Å². The summed E-state index contributed by atoms with van der Waals surface area (Å²) in [6, 6.07) is 20.8. The number of amides is 1. The van der Waals surface area contributed by atoms with Crippen LogP contribution >= 0.6 is 12.4 Å². The van der Waals surface area contributed by atoms with Gasteiger partial charge in [0.05, 0.1) is 6.61 Å². The molecule has 0 bridgehead atoms. The van der Waals surface area contributed by atoms with Crippen molar-refractivity contribution >= 4 is 18.3 Å². The molecule has 1 aliphatic heterocycles. The third-order valence-corrected chi connectivity index (χ3v) is 5.04. The second kappa shape index (κ2) is 11.8. The Kier molecular flexibility index (Phi) is 9.44. The van der Waals surface area contributed by atoms with Gasteiger partial charge in [-0.15, -0.1) is 12.4 Å². The first kappa shape index (κ1) is 22.4. The molecule has 0 spiro atoms. The molecule has 0 aromatic heterocycles. The molecule has 1 aliphatic rings. The molecule has 1 fully saturated rings. The van der Waals surface area contributed by atoms with E-state index in [4.69, 9.17) is 10.5 Å². The van der Waals surface area contributed by atoms with Crippen LogP contribution in [0.25, 0.3) is 0 Å². The van der Waals surface area contributed by atoms with Crippen molar-refractivity contribution in [3.05, 3.63) is 71.8 Å². The summed E-state index contributed by atoms with van der Waals surface area (Å²) in [5.74, 6) is -0.223. The minimum absolute atomic E-state index is 0. The molecule has 0 atom stereocenters. The maximum atomic E-state index is 10.9. The van der Waals surface area contributed by atoms with Crippen LogP contribution in [-0.4, -0.2) is 61.6 Å². The summed E-state index contributed by atoms with van der Waals surface area (Å²) < 4.78 is 6.31. The van der Waals surface area contributed by atoms with E-state index in [1.807, 2.05) is 12.1 Å². The van der Waals surface area contributed by atoms with Gasteiger partial charge in [0, 0.05) is 45.7 Å². The fourth-order valence-corrected chi connectivity index (χ4v) is 3.45. The molecule has 1 saturated heterocycles. The molecule has 152 valence electrons. The third-order valence-electron chi connectivity index (χ3n) is 5.04. The normalized spacial score (nSPS) is 15.3. The van der Waals surface area contributed by atoms with Crippen LogP contribution in [-0.2, 0) is 9.53 Å². The van der Waals surface area contributed by atoms with Gasteiger partial charge in [-0.05, 0) is 11.1 Å².